The van der Waals surface area contributed by atoms with Gasteiger partial charge in [0.05, 0.1) is 11.9 Å². The largest absolute Gasteiger partial charge is 0.302 e. The van der Waals surface area contributed by atoms with Crippen molar-refractivity contribution in [3.8, 4) is 5.69 Å². The Bertz CT molecular complexity index is 403. The lowest BCUT2D eigenvalue weighted by molar-refractivity contribution is 0.750. The van der Waals surface area contributed by atoms with E-state index >= 15 is 0 Å². The topological polar surface area (TPSA) is 30.7 Å². The third-order valence-corrected chi connectivity index (χ3v) is 2.11. The van der Waals surface area contributed by atoms with Crippen molar-refractivity contribution in [1.82, 2.24) is 14.5 Å². The van der Waals surface area contributed by atoms with Gasteiger partial charge in [0, 0.05) is 24.5 Å². The minimum atomic E-state index is 0.421. The van der Waals surface area contributed by atoms with Crippen LogP contribution >= 0.6 is 0 Å². The molecule has 72 valence electrons. The molecule has 0 fully saturated rings. The van der Waals surface area contributed by atoms with E-state index in [9.17, 15) is 0 Å². The highest BCUT2D eigenvalue weighted by Crippen LogP contribution is 2.16. The van der Waals surface area contributed by atoms with E-state index in [1.807, 2.05) is 30.7 Å². The van der Waals surface area contributed by atoms with E-state index in [4.69, 9.17) is 0 Å². The number of aromatic nitrogens is 3. The Morgan fingerprint density at radius 1 is 1.29 bits per heavy atom. The average Bonchev–Trinajstić information content (AvgIpc) is 2.67. The van der Waals surface area contributed by atoms with E-state index in [1.54, 1.807) is 6.20 Å². The number of nitrogens with zero attached hydrogens (tertiary/aromatic N) is 3. The van der Waals surface area contributed by atoms with Crippen LogP contribution in [0.4, 0.5) is 0 Å². The third kappa shape index (κ3) is 1.53. The van der Waals surface area contributed by atoms with Crippen LogP contribution in [0.3, 0.4) is 0 Å². The van der Waals surface area contributed by atoms with Gasteiger partial charge in [0.2, 0.25) is 0 Å². The normalized spacial score (nSPS) is 10.8. The monoisotopic (exact) mass is 187 g/mol. The van der Waals surface area contributed by atoms with Crippen LogP contribution in [0.15, 0.2) is 36.9 Å². The summed E-state index contributed by atoms with van der Waals surface area (Å²) in [6, 6.07) is 3.96. The summed E-state index contributed by atoms with van der Waals surface area (Å²) in [5.41, 5.74) is 1.06. The molecule has 0 saturated carbocycles. The molecule has 0 unspecified atom stereocenters. The van der Waals surface area contributed by atoms with Crippen LogP contribution in [0.2, 0.25) is 0 Å². The predicted molar refractivity (Wildman–Crippen MR) is 55.4 cm³/mol. The van der Waals surface area contributed by atoms with Crippen LogP contribution in [0.5, 0.6) is 0 Å². The predicted octanol–water partition coefficient (Wildman–Crippen LogP) is 2.39. The van der Waals surface area contributed by atoms with Gasteiger partial charge in [0.25, 0.3) is 0 Å². The lowest BCUT2D eigenvalue weighted by Crippen LogP contribution is -2.02. The number of imidazole rings is 1. The van der Waals surface area contributed by atoms with Gasteiger partial charge >= 0.3 is 0 Å². The summed E-state index contributed by atoms with van der Waals surface area (Å²) < 4.78 is 2.07. The highest BCUT2D eigenvalue weighted by atomic mass is 15.1. The Morgan fingerprint density at radius 3 is 2.79 bits per heavy atom. The maximum atomic E-state index is 4.33. The molecular weight excluding hydrogens is 174 g/mol. The van der Waals surface area contributed by atoms with Crippen LogP contribution in [0.25, 0.3) is 5.69 Å². The SMILES string of the molecule is CC(C)c1nccn1-c1cccnc1. The van der Waals surface area contributed by atoms with Gasteiger partial charge in [-0.1, -0.05) is 13.8 Å². The second-order valence-corrected chi connectivity index (χ2v) is 3.52. The van der Waals surface area contributed by atoms with Crippen molar-refractivity contribution in [2.24, 2.45) is 0 Å². The molecule has 0 spiro atoms. The molecule has 0 aliphatic heterocycles. The molecule has 0 N–H and O–H groups in total. The van der Waals surface area contributed by atoms with E-state index in [0.29, 0.717) is 5.92 Å². The Hall–Kier alpha value is -1.64. The fourth-order valence-corrected chi connectivity index (χ4v) is 1.46. The summed E-state index contributed by atoms with van der Waals surface area (Å²) in [6.45, 7) is 4.27. The van der Waals surface area contributed by atoms with E-state index in [0.717, 1.165) is 11.5 Å². The van der Waals surface area contributed by atoms with Crippen molar-refractivity contribution >= 4 is 0 Å². The third-order valence-electron chi connectivity index (χ3n) is 2.11. The van der Waals surface area contributed by atoms with Crippen molar-refractivity contribution in [1.29, 1.82) is 0 Å². The summed E-state index contributed by atoms with van der Waals surface area (Å²) in [4.78, 5) is 8.42. The standard InChI is InChI=1S/C11H13N3/c1-9(2)11-13-6-7-14(11)10-4-3-5-12-8-10/h3-9H,1-2H3. The summed E-state index contributed by atoms with van der Waals surface area (Å²) in [7, 11) is 0. The van der Waals surface area contributed by atoms with Crippen molar-refractivity contribution in [3.05, 3.63) is 42.7 Å². The average molecular weight is 187 g/mol. The highest BCUT2D eigenvalue weighted by Gasteiger charge is 2.07. The van der Waals surface area contributed by atoms with E-state index in [1.165, 1.54) is 0 Å². The second kappa shape index (κ2) is 3.62. The van der Waals surface area contributed by atoms with Crippen LogP contribution < -0.4 is 0 Å². The fraction of sp³-hybridized carbons (Fsp3) is 0.273. The minimum absolute atomic E-state index is 0.421. The molecule has 2 rings (SSSR count). The Labute approximate surface area is 83.4 Å². The van der Waals surface area contributed by atoms with Crippen LogP contribution in [-0.4, -0.2) is 14.5 Å². The molecule has 0 atom stereocenters. The molecule has 0 saturated heterocycles. The number of hydrogen-bond acceptors (Lipinski definition) is 2. The van der Waals surface area contributed by atoms with Gasteiger partial charge in [-0.25, -0.2) is 4.98 Å². The zero-order valence-corrected chi connectivity index (χ0v) is 8.38. The molecule has 0 bridgehead atoms. The maximum absolute atomic E-state index is 4.33. The van der Waals surface area contributed by atoms with Crippen LogP contribution in [0.1, 0.15) is 25.6 Å². The zero-order chi connectivity index (χ0) is 9.97. The number of rotatable bonds is 2. The van der Waals surface area contributed by atoms with E-state index in [-0.39, 0.29) is 0 Å². The lowest BCUT2D eigenvalue weighted by atomic mass is 10.2. The molecule has 2 aromatic heterocycles. The first kappa shape index (κ1) is 8.94. The van der Waals surface area contributed by atoms with Gasteiger partial charge in [-0.15, -0.1) is 0 Å². The first-order valence-corrected chi connectivity index (χ1v) is 4.72. The number of hydrogen-bond donors (Lipinski definition) is 0. The molecule has 0 radical (unpaired) electrons. The molecule has 0 aliphatic carbocycles. The summed E-state index contributed by atoms with van der Waals surface area (Å²) >= 11 is 0. The maximum Gasteiger partial charge on any atom is 0.115 e. The second-order valence-electron chi connectivity index (χ2n) is 3.52. The molecule has 3 heteroatoms. The van der Waals surface area contributed by atoms with Gasteiger partial charge in [-0.2, -0.15) is 0 Å². The molecule has 3 nitrogen and oxygen atoms in total. The molecule has 14 heavy (non-hydrogen) atoms. The zero-order valence-electron chi connectivity index (χ0n) is 8.38. The van der Waals surface area contributed by atoms with Crippen molar-refractivity contribution in [2.45, 2.75) is 19.8 Å². The summed E-state index contributed by atoms with van der Waals surface area (Å²) in [5, 5.41) is 0. The molecule has 2 aromatic rings. The highest BCUT2D eigenvalue weighted by molar-refractivity contribution is 5.30. The summed E-state index contributed by atoms with van der Waals surface area (Å²) in [5.74, 6) is 1.49. The molecular formula is C11H13N3. The van der Waals surface area contributed by atoms with E-state index in [2.05, 4.69) is 28.4 Å². The first-order valence-electron chi connectivity index (χ1n) is 4.72. The molecule has 0 amide bonds. The van der Waals surface area contributed by atoms with Gasteiger partial charge in [0.1, 0.15) is 5.82 Å². The van der Waals surface area contributed by atoms with Crippen molar-refractivity contribution in [2.75, 3.05) is 0 Å². The lowest BCUT2D eigenvalue weighted by Gasteiger charge is -2.09. The van der Waals surface area contributed by atoms with Gasteiger partial charge < -0.3 is 4.57 Å². The molecule has 0 aromatic carbocycles. The molecule has 0 aliphatic rings. The quantitative estimate of drug-likeness (QED) is 0.722. The fourth-order valence-electron chi connectivity index (χ4n) is 1.46. The van der Waals surface area contributed by atoms with Crippen molar-refractivity contribution < 1.29 is 0 Å². The number of pyridine rings is 1. The Balaban J connectivity index is 2.47. The Kier molecular flexibility index (Phi) is 2.31. The van der Waals surface area contributed by atoms with E-state index < -0.39 is 0 Å². The smallest absolute Gasteiger partial charge is 0.115 e. The Morgan fingerprint density at radius 2 is 2.14 bits per heavy atom. The molecule has 2 heterocycles. The first-order chi connectivity index (χ1) is 6.79. The minimum Gasteiger partial charge on any atom is -0.302 e. The van der Waals surface area contributed by atoms with Gasteiger partial charge in [-0.05, 0) is 12.1 Å². The van der Waals surface area contributed by atoms with Crippen molar-refractivity contribution in [3.63, 3.8) is 0 Å². The van der Waals surface area contributed by atoms with Crippen LogP contribution in [-0.2, 0) is 0 Å². The summed E-state index contributed by atoms with van der Waals surface area (Å²) in [6.07, 6.45) is 7.40. The van der Waals surface area contributed by atoms with Gasteiger partial charge in [0.15, 0.2) is 0 Å². The van der Waals surface area contributed by atoms with Crippen LogP contribution in [0, 0.1) is 0 Å². The van der Waals surface area contributed by atoms with Gasteiger partial charge in [-0.3, -0.25) is 4.98 Å².